The van der Waals surface area contributed by atoms with Crippen LogP contribution in [0, 0.1) is 12.8 Å². The number of amides is 2. The Morgan fingerprint density at radius 3 is 2.42 bits per heavy atom. The van der Waals surface area contributed by atoms with Crippen molar-refractivity contribution >= 4 is 22.8 Å². The van der Waals surface area contributed by atoms with E-state index in [0.29, 0.717) is 24.6 Å². The van der Waals surface area contributed by atoms with Crippen LogP contribution in [0.3, 0.4) is 0 Å². The Balaban J connectivity index is 1.41. The maximum Gasteiger partial charge on any atom is 0.252 e. The number of benzene rings is 2. The molecular weight excluding hydrogens is 388 g/mol. The van der Waals surface area contributed by atoms with Crippen LogP contribution in [0.2, 0.25) is 0 Å². The predicted molar refractivity (Wildman–Crippen MR) is 122 cm³/mol. The van der Waals surface area contributed by atoms with Gasteiger partial charge in [-0.05, 0) is 49.4 Å². The molecule has 0 aliphatic carbocycles. The molecule has 0 unspecified atom stereocenters. The summed E-state index contributed by atoms with van der Waals surface area (Å²) in [6.45, 7) is 7.20. The van der Waals surface area contributed by atoms with E-state index in [0.717, 1.165) is 35.3 Å². The lowest BCUT2D eigenvalue weighted by Gasteiger charge is -2.35. The summed E-state index contributed by atoms with van der Waals surface area (Å²) < 4.78 is 0. The lowest BCUT2D eigenvalue weighted by Crippen LogP contribution is -2.53. The molecule has 4 rings (SSSR count). The molecule has 0 saturated carbocycles. The molecule has 2 amide bonds. The fourth-order valence-corrected chi connectivity index (χ4v) is 4.30. The summed E-state index contributed by atoms with van der Waals surface area (Å²) in [5, 5.41) is 2.98. The summed E-state index contributed by atoms with van der Waals surface area (Å²) in [5.41, 5.74) is 3.55. The molecule has 162 valence electrons. The third kappa shape index (κ3) is 4.48. The summed E-state index contributed by atoms with van der Waals surface area (Å²) >= 11 is 0. The number of piperidine rings is 1. The first-order valence-electron chi connectivity index (χ1n) is 11.0. The number of likely N-dealkylation sites (tertiary alicyclic amines) is 1. The summed E-state index contributed by atoms with van der Waals surface area (Å²) in [6.07, 6.45) is 1.73. The van der Waals surface area contributed by atoms with Gasteiger partial charge < -0.3 is 15.2 Å². The highest BCUT2D eigenvalue weighted by Gasteiger charge is 2.32. The van der Waals surface area contributed by atoms with Gasteiger partial charge in [0.05, 0.1) is 11.0 Å². The highest BCUT2D eigenvalue weighted by molar-refractivity contribution is 5.98. The average Bonchev–Trinajstić information content (AvgIpc) is 3.21. The SMILES string of the molecule is Cc1ccccc1C(=O)N[C@@H](C(=O)N1CCC(c2nc3ccccc3[nH]2)CC1)C(C)C. The van der Waals surface area contributed by atoms with Crippen molar-refractivity contribution in [2.45, 2.75) is 45.6 Å². The van der Waals surface area contributed by atoms with Gasteiger partial charge in [-0.25, -0.2) is 4.98 Å². The molecule has 6 nitrogen and oxygen atoms in total. The Hall–Kier alpha value is -3.15. The Bertz CT molecular complexity index is 1050. The molecule has 1 saturated heterocycles. The van der Waals surface area contributed by atoms with Crippen LogP contribution < -0.4 is 5.32 Å². The van der Waals surface area contributed by atoms with Crippen molar-refractivity contribution in [2.75, 3.05) is 13.1 Å². The zero-order chi connectivity index (χ0) is 22.0. The third-order valence-corrected chi connectivity index (χ3v) is 6.21. The van der Waals surface area contributed by atoms with E-state index in [4.69, 9.17) is 4.98 Å². The molecule has 6 heteroatoms. The van der Waals surface area contributed by atoms with Crippen molar-refractivity contribution in [3.05, 3.63) is 65.5 Å². The Morgan fingerprint density at radius 1 is 1.06 bits per heavy atom. The maximum absolute atomic E-state index is 13.3. The standard InChI is InChI=1S/C25H30N4O2/c1-16(2)22(28-24(30)19-9-5-4-8-17(19)3)25(31)29-14-12-18(13-15-29)23-26-20-10-6-7-11-21(20)27-23/h4-11,16,18,22H,12-15H2,1-3H3,(H,26,27)(H,28,30)/t22-/m1/s1. The van der Waals surface area contributed by atoms with E-state index in [1.54, 1.807) is 6.07 Å². The summed E-state index contributed by atoms with van der Waals surface area (Å²) in [5.74, 6) is 1.13. The number of carbonyl (C=O) groups excluding carboxylic acids is 2. The molecule has 0 bridgehead atoms. The zero-order valence-electron chi connectivity index (χ0n) is 18.4. The van der Waals surface area contributed by atoms with Crippen LogP contribution in [0.1, 0.15) is 54.4 Å². The lowest BCUT2D eigenvalue weighted by atomic mass is 9.94. The number of fused-ring (bicyclic) bond motifs is 1. The molecule has 3 aromatic rings. The first-order chi connectivity index (χ1) is 14.9. The van der Waals surface area contributed by atoms with Gasteiger partial charge in [0.15, 0.2) is 0 Å². The third-order valence-electron chi connectivity index (χ3n) is 6.21. The first-order valence-corrected chi connectivity index (χ1v) is 11.0. The first kappa shape index (κ1) is 21.1. The van der Waals surface area contributed by atoms with Gasteiger partial charge in [0, 0.05) is 24.6 Å². The van der Waals surface area contributed by atoms with Gasteiger partial charge in [-0.2, -0.15) is 0 Å². The highest BCUT2D eigenvalue weighted by atomic mass is 16.2. The van der Waals surface area contributed by atoms with E-state index in [9.17, 15) is 9.59 Å². The molecule has 2 aromatic carbocycles. The van der Waals surface area contributed by atoms with Crippen LogP contribution >= 0.6 is 0 Å². The molecule has 0 radical (unpaired) electrons. The van der Waals surface area contributed by atoms with Gasteiger partial charge in [0.2, 0.25) is 5.91 Å². The Morgan fingerprint density at radius 2 is 1.74 bits per heavy atom. The predicted octanol–water partition coefficient (Wildman–Crippen LogP) is 4.03. The number of H-pyrrole nitrogens is 1. The van der Waals surface area contributed by atoms with Crippen LogP contribution in [-0.4, -0.2) is 45.8 Å². The van der Waals surface area contributed by atoms with Crippen molar-refractivity contribution in [1.29, 1.82) is 0 Å². The molecule has 2 heterocycles. The molecule has 31 heavy (non-hydrogen) atoms. The molecular formula is C25H30N4O2. The van der Waals surface area contributed by atoms with E-state index in [1.165, 1.54) is 0 Å². The number of aromatic nitrogens is 2. The van der Waals surface area contributed by atoms with Crippen molar-refractivity contribution in [2.24, 2.45) is 5.92 Å². The van der Waals surface area contributed by atoms with E-state index in [2.05, 4.69) is 10.3 Å². The van der Waals surface area contributed by atoms with Crippen LogP contribution in [0.5, 0.6) is 0 Å². The molecule has 1 aromatic heterocycles. The number of nitrogens with zero attached hydrogens (tertiary/aromatic N) is 2. The van der Waals surface area contributed by atoms with Crippen LogP contribution in [0.25, 0.3) is 11.0 Å². The number of aromatic amines is 1. The van der Waals surface area contributed by atoms with Gasteiger partial charge in [0.1, 0.15) is 11.9 Å². The van der Waals surface area contributed by atoms with Crippen molar-refractivity contribution in [1.82, 2.24) is 20.2 Å². The van der Waals surface area contributed by atoms with Crippen LogP contribution in [-0.2, 0) is 4.79 Å². The molecule has 1 aliphatic heterocycles. The monoisotopic (exact) mass is 418 g/mol. The Labute approximate surface area is 183 Å². The van der Waals surface area contributed by atoms with E-state index in [-0.39, 0.29) is 17.7 Å². The fourth-order valence-electron chi connectivity index (χ4n) is 4.30. The minimum absolute atomic E-state index is 0.00000908. The lowest BCUT2D eigenvalue weighted by molar-refractivity contribution is -0.135. The number of hydrogen-bond acceptors (Lipinski definition) is 3. The summed E-state index contributed by atoms with van der Waals surface area (Å²) in [6, 6.07) is 15.0. The number of rotatable bonds is 5. The number of para-hydroxylation sites is 2. The molecule has 0 spiro atoms. The second-order valence-corrected chi connectivity index (χ2v) is 8.75. The number of carbonyl (C=O) groups is 2. The van der Waals surface area contributed by atoms with Gasteiger partial charge in [-0.3, -0.25) is 9.59 Å². The largest absolute Gasteiger partial charge is 0.342 e. The second kappa shape index (κ2) is 8.92. The van der Waals surface area contributed by atoms with Crippen LogP contribution in [0.15, 0.2) is 48.5 Å². The van der Waals surface area contributed by atoms with Gasteiger partial charge >= 0.3 is 0 Å². The second-order valence-electron chi connectivity index (χ2n) is 8.75. The van der Waals surface area contributed by atoms with Gasteiger partial charge in [-0.1, -0.05) is 44.2 Å². The quantitative estimate of drug-likeness (QED) is 0.657. The number of imidazole rings is 1. The van der Waals surface area contributed by atoms with Gasteiger partial charge in [0.25, 0.3) is 5.91 Å². The summed E-state index contributed by atoms with van der Waals surface area (Å²) in [7, 11) is 0. The Kier molecular flexibility index (Phi) is 6.07. The van der Waals surface area contributed by atoms with Crippen molar-refractivity contribution < 1.29 is 9.59 Å². The fraction of sp³-hybridized carbons (Fsp3) is 0.400. The van der Waals surface area contributed by atoms with E-state index >= 15 is 0 Å². The number of hydrogen-bond donors (Lipinski definition) is 2. The molecule has 1 fully saturated rings. The minimum Gasteiger partial charge on any atom is -0.342 e. The van der Waals surface area contributed by atoms with Crippen molar-refractivity contribution in [3.63, 3.8) is 0 Å². The normalized spacial score (nSPS) is 15.9. The average molecular weight is 419 g/mol. The molecule has 1 aliphatic rings. The zero-order valence-corrected chi connectivity index (χ0v) is 18.4. The number of nitrogens with one attached hydrogen (secondary N) is 2. The molecule has 1 atom stereocenters. The van der Waals surface area contributed by atoms with Gasteiger partial charge in [-0.15, -0.1) is 0 Å². The smallest absolute Gasteiger partial charge is 0.252 e. The van der Waals surface area contributed by atoms with Crippen LogP contribution in [0.4, 0.5) is 0 Å². The molecule has 2 N–H and O–H groups in total. The number of aryl methyl sites for hydroxylation is 1. The van der Waals surface area contributed by atoms with E-state index in [1.807, 2.05) is 68.1 Å². The minimum atomic E-state index is -0.533. The highest BCUT2D eigenvalue weighted by Crippen LogP contribution is 2.28. The van der Waals surface area contributed by atoms with Crippen molar-refractivity contribution in [3.8, 4) is 0 Å². The summed E-state index contributed by atoms with van der Waals surface area (Å²) in [4.78, 5) is 36.1. The van der Waals surface area contributed by atoms with E-state index < -0.39 is 6.04 Å². The topological polar surface area (TPSA) is 78.1 Å². The maximum atomic E-state index is 13.3.